The van der Waals surface area contributed by atoms with Crippen molar-refractivity contribution in [3.63, 3.8) is 0 Å². The van der Waals surface area contributed by atoms with Gasteiger partial charge in [-0.25, -0.2) is 0 Å². The largest absolute Gasteiger partial charge is 0.496 e. The fourth-order valence-corrected chi connectivity index (χ4v) is 3.05. The molecule has 0 saturated heterocycles. The van der Waals surface area contributed by atoms with Gasteiger partial charge in [0, 0.05) is 36.1 Å². The summed E-state index contributed by atoms with van der Waals surface area (Å²) in [6, 6.07) is 13.5. The summed E-state index contributed by atoms with van der Waals surface area (Å²) in [6.07, 6.45) is 2.80. The maximum atomic E-state index is 12.9. The maximum Gasteiger partial charge on any atom is 0.266 e. The Morgan fingerprint density at radius 3 is 2.39 bits per heavy atom. The number of methoxy groups -OCH3 is 3. The summed E-state index contributed by atoms with van der Waals surface area (Å²) < 4.78 is 27.0. The highest BCUT2D eigenvalue weighted by Gasteiger charge is 2.18. The van der Waals surface area contributed by atoms with Gasteiger partial charge in [0.1, 0.15) is 22.9 Å². The lowest BCUT2D eigenvalue weighted by Gasteiger charge is -2.14. The second-order valence-electron chi connectivity index (χ2n) is 6.61. The van der Waals surface area contributed by atoms with Crippen LogP contribution in [-0.2, 0) is 0 Å². The molecule has 4 rings (SSSR count). The van der Waals surface area contributed by atoms with Crippen molar-refractivity contribution in [1.82, 2.24) is 15.2 Å². The highest BCUT2D eigenvalue weighted by molar-refractivity contribution is 6.06. The Morgan fingerprint density at radius 2 is 1.67 bits per heavy atom. The average Bonchev–Trinajstić information content (AvgIpc) is 3.38. The Kier molecular flexibility index (Phi) is 6.35. The number of benzene rings is 2. The summed E-state index contributed by atoms with van der Waals surface area (Å²) >= 11 is 0. The van der Waals surface area contributed by atoms with E-state index in [0.717, 1.165) is 0 Å². The molecule has 2 aromatic heterocycles. The molecule has 4 aromatic rings. The molecule has 2 aromatic carbocycles. The first-order valence-corrected chi connectivity index (χ1v) is 9.73. The molecular formula is C23H20N4O6. The lowest BCUT2D eigenvalue weighted by molar-refractivity contribution is 0.102. The summed E-state index contributed by atoms with van der Waals surface area (Å²) in [5, 5.41) is 10.3. The number of hydrogen-bond acceptors (Lipinski definition) is 9. The van der Waals surface area contributed by atoms with Crippen molar-refractivity contribution in [1.29, 1.82) is 0 Å². The fraction of sp³-hybridized carbons (Fsp3) is 0.130. The fourth-order valence-electron chi connectivity index (χ4n) is 3.05. The van der Waals surface area contributed by atoms with Crippen LogP contribution in [0.1, 0.15) is 10.4 Å². The van der Waals surface area contributed by atoms with Crippen LogP contribution in [0.5, 0.6) is 28.7 Å². The van der Waals surface area contributed by atoms with Gasteiger partial charge in [-0.05, 0) is 18.2 Å². The highest BCUT2D eigenvalue weighted by atomic mass is 16.5. The number of anilines is 1. The predicted octanol–water partition coefficient (Wildman–Crippen LogP) is 4.20. The number of pyridine rings is 1. The van der Waals surface area contributed by atoms with E-state index in [4.69, 9.17) is 23.4 Å². The van der Waals surface area contributed by atoms with Crippen molar-refractivity contribution < 1.29 is 28.2 Å². The molecule has 33 heavy (non-hydrogen) atoms. The number of nitrogens with zero attached hydrogens (tertiary/aromatic N) is 3. The smallest absolute Gasteiger partial charge is 0.266 e. The predicted molar refractivity (Wildman–Crippen MR) is 118 cm³/mol. The molecule has 0 saturated carbocycles. The van der Waals surface area contributed by atoms with E-state index >= 15 is 0 Å². The van der Waals surface area contributed by atoms with E-state index < -0.39 is 0 Å². The Balaban J connectivity index is 1.53. The molecule has 0 aliphatic heterocycles. The number of hydrogen-bond donors (Lipinski definition) is 1. The molecule has 0 aliphatic carbocycles. The van der Waals surface area contributed by atoms with E-state index in [0.29, 0.717) is 45.7 Å². The molecule has 10 nitrogen and oxygen atoms in total. The first-order chi connectivity index (χ1) is 16.1. The van der Waals surface area contributed by atoms with E-state index in [2.05, 4.69) is 20.5 Å². The van der Waals surface area contributed by atoms with Crippen molar-refractivity contribution in [2.24, 2.45) is 0 Å². The summed E-state index contributed by atoms with van der Waals surface area (Å²) in [4.78, 5) is 17.1. The highest BCUT2D eigenvalue weighted by Crippen LogP contribution is 2.35. The standard InChI is InChI=1S/C23H20N4O6/c1-29-19-12-21(31-3)20(30-2)11-17(19)22(28)26-14-5-4-6-15(9-14)33-16-7-8-24-18(10-16)23-27-25-13-32-23/h4-13H,1-3H3,(H,26,28). The Hall–Kier alpha value is -4.60. The second-order valence-corrected chi connectivity index (χ2v) is 6.61. The molecule has 10 heteroatoms. The number of carbonyl (C=O) groups is 1. The van der Waals surface area contributed by atoms with Gasteiger partial charge in [0.05, 0.1) is 26.9 Å². The van der Waals surface area contributed by atoms with Crippen LogP contribution in [0.2, 0.25) is 0 Å². The Morgan fingerprint density at radius 1 is 0.909 bits per heavy atom. The molecule has 1 N–H and O–H groups in total. The molecule has 0 radical (unpaired) electrons. The first kappa shape index (κ1) is 21.6. The van der Waals surface area contributed by atoms with Crippen LogP contribution in [-0.4, -0.2) is 42.4 Å². The van der Waals surface area contributed by atoms with Gasteiger partial charge in [0.25, 0.3) is 11.8 Å². The van der Waals surface area contributed by atoms with Gasteiger partial charge in [-0.15, -0.1) is 10.2 Å². The van der Waals surface area contributed by atoms with Gasteiger partial charge in [0.15, 0.2) is 11.5 Å². The van der Waals surface area contributed by atoms with Crippen LogP contribution in [0.25, 0.3) is 11.6 Å². The molecule has 0 aliphatic rings. The third kappa shape index (κ3) is 4.85. The normalized spacial score (nSPS) is 10.4. The number of carbonyl (C=O) groups excluding carboxylic acids is 1. The summed E-state index contributed by atoms with van der Waals surface area (Å²) in [5.74, 6) is 2.15. The van der Waals surface area contributed by atoms with Crippen molar-refractivity contribution >= 4 is 11.6 Å². The van der Waals surface area contributed by atoms with E-state index in [-0.39, 0.29) is 11.8 Å². The lowest BCUT2D eigenvalue weighted by atomic mass is 10.1. The molecule has 0 fully saturated rings. The molecular weight excluding hydrogens is 428 g/mol. The molecule has 0 spiro atoms. The van der Waals surface area contributed by atoms with Gasteiger partial charge >= 0.3 is 0 Å². The topological polar surface area (TPSA) is 118 Å². The van der Waals surface area contributed by atoms with E-state index in [9.17, 15) is 4.79 Å². The Labute approximate surface area is 189 Å². The minimum Gasteiger partial charge on any atom is -0.496 e. The number of rotatable bonds is 8. The molecule has 2 heterocycles. The van der Waals surface area contributed by atoms with Crippen molar-refractivity contribution in [2.45, 2.75) is 0 Å². The zero-order chi connectivity index (χ0) is 23.2. The lowest BCUT2D eigenvalue weighted by Crippen LogP contribution is -2.13. The summed E-state index contributed by atoms with van der Waals surface area (Å²) in [6.45, 7) is 0. The van der Waals surface area contributed by atoms with Crippen LogP contribution in [0.3, 0.4) is 0 Å². The molecule has 168 valence electrons. The monoisotopic (exact) mass is 448 g/mol. The van der Waals surface area contributed by atoms with Crippen molar-refractivity contribution in [3.05, 3.63) is 66.7 Å². The zero-order valence-electron chi connectivity index (χ0n) is 18.1. The van der Waals surface area contributed by atoms with Crippen molar-refractivity contribution in [3.8, 4) is 40.3 Å². The van der Waals surface area contributed by atoms with Crippen molar-refractivity contribution in [2.75, 3.05) is 26.6 Å². The number of nitrogens with one attached hydrogen (secondary N) is 1. The number of ether oxygens (including phenoxy) is 4. The van der Waals surface area contributed by atoms with Crippen LogP contribution < -0.4 is 24.3 Å². The first-order valence-electron chi connectivity index (χ1n) is 9.73. The summed E-state index contributed by atoms with van der Waals surface area (Å²) in [7, 11) is 4.48. The molecule has 1 amide bonds. The minimum atomic E-state index is -0.382. The average molecular weight is 448 g/mol. The Bertz CT molecular complexity index is 1260. The quantitative estimate of drug-likeness (QED) is 0.423. The zero-order valence-corrected chi connectivity index (χ0v) is 18.1. The van der Waals surface area contributed by atoms with E-state index in [1.165, 1.54) is 27.7 Å². The van der Waals surface area contributed by atoms with Gasteiger partial charge in [-0.3, -0.25) is 9.78 Å². The molecule has 0 bridgehead atoms. The number of aromatic nitrogens is 3. The van der Waals surface area contributed by atoms with Gasteiger partial charge in [-0.1, -0.05) is 6.07 Å². The SMILES string of the molecule is COc1cc(OC)c(C(=O)Nc2cccc(Oc3ccnc(-c4nnco4)c3)c2)cc1OC. The van der Waals surface area contributed by atoms with Crippen LogP contribution in [0.4, 0.5) is 5.69 Å². The maximum absolute atomic E-state index is 12.9. The van der Waals surface area contributed by atoms with Crippen LogP contribution in [0, 0.1) is 0 Å². The second kappa shape index (κ2) is 9.69. The third-order valence-corrected chi connectivity index (χ3v) is 4.59. The van der Waals surface area contributed by atoms with E-state index in [1.54, 1.807) is 54.7 Å². The van der Waals surface area contributed by atoms with Crippen LogP contribution in [0.15, 0.2) is 65.5 Å². The minimum absolute atomic E-state index is 0.283. The van der Waals surface area contributed by atoms with Crippen LogP contribution >= 0.6 is 0 Å². The number of amides is 1. The van der Waals surface area contributed by atoms with E-state index in [1.807, 2.05) is 0 Å². The van der Waals surface area contributed by atoms with Gasteiger partial charge < -0.3 is 28.7 Å². The molecule has 0 unspecified atom stereocenters. The van der Waals surface area contributed by atoms with Gasteiger partial charge in [-0.2, -0.15) is 0 Å². The van der Waals surface area contributed by atoms with Gasteiger partial charge in [0.2, 0.25) is 6.39 Å². The molecule has 0 atom stereocenters. The summed E-state index contributed by atoms with van der Waals surface area (Å²) in [5.41, 5.74) is 1.30. The third-order valence-electron chi connectivity index (χ3n) is 4.59.